The number of aliphatic hydroxyl groups is 2. The summed E-state index contributed by atoms with van der Waals surface area (Å²) in [5.74, 6) is 0.195. The van der Waals surface area contributed by atoms with Crippen molar-refractivity contribution in [2.45, 2.75) is 59.2 Å². The van der Waals surface area contributed by atoms with Crippen LogP contribution in [0.1, 0.15) is 47.0 Å². The highest BCUT2D eigenvalue weighted by atomic mass is 16.3. The minimum atomic E-state index is -0.425. The third-order valence-corrected chi connectivity index (χ3v) is 3.55. The molecule has 0 heterocycles. The SMILES string of the molecule is CC1=CCCC(C)(C)[C@H]1[C@@H](O)C[C@H](C)O. The Balaban J connectivity index is 2.79. The van der Waals surface area contributed by atoms with E-state index in [0.717, 1.165) is 12.8 Å². The average Bonchev–Trinajstić information content (AvgIpc) is 1.99. The molecule has 1 aliphatic rings. The molecular formula is C13H24O2. The van der Waals surface area contributed by atoms with Crippen molar-refractivity contribution in [2.75, 3.05) is 0 Å². The molecule has 15 heavy (non-hydrogen) atoms. The van der Waals surface area contributed by atoms with Gasteiger partial charge in [0.1, 0.15) is 0 Å². The van der Waals surface area contributed by atoms with Crippen molar-refractivity contribution in [3.05, 3.63) is 11.6 Å². The molecule has 2 N–H and O–H groups in total. The molecular weight excluding hydrogens is 188 g/mol. The molecule has 1 aliphatic carbocycles. The van der Waals surface area contributed by atoms with Crippen LogP contribution in [0.5, 0.6) is 0 Å². The molecule has 0 saturated heterocycles. The van der Waals surface area contributed by atoms with Gasteiger partial charge >= 0.3 is 0 Å². The molecule has 0 spiro atoms. The average molecular weight is 212 g/mol. The van der Waals surface area contributed by atoms with Crippen molar-refractivity contribution in [3.63, 3.8) is 0 Å². The zero-order valence-corrected chi connectivity index (χ0v) is 10.3. The van der Waals surface area contributed by atoms with E-state index in [1.165, 1.54) is 5.57 Å². The molecule has 0 aromatic carbocycles. The molecule has 0 radical (unpaired) electrons. The maximum absolute atomic E-state index is 10.1. The van der Waals surface area contributed by atoms with E-state index in [9.17, 15) is 10.2 Å². The van der Waals surface area contributed by atoms with Gasteiger partial charge in [0.25, 0.3) is 0 Å². The monoisotopic (exact) mass is 212 g/mol. The molecule has 2 heteroatoms. The van der Waals surface area contributed by atoms with E-state index in [1.54, 1.807) is 6.92 Å². The number of hydrogen-bond donors (Lipinski definition) is 2. The van der Waals surface area contributed by atoms with E-state index in [2.05, 4.69) is 26.8 Å². The van der Waals surface area contributed by atoms with Crippen molar-refractivity contribution >= 4 is 0 Å². The maximum Gasteiger partial charge on any atom is 0.0635 e. The lowest BCUT2D eigenvalue weighted by molar-refractivity contribution is 0.0123. The van der Waals surface area contributed by atoms with Crippen LogP contribution < -0.4 is 0 Å². The molecule has 1 rings (SSSR count). The van der Waals surface area contributed by atoms with Gasteiger partial charge in [0, 0.05) is 5.92 Å². The summed E-state index contributed by atoms with van der Waals surface area (Å²) in [7, 11) is 0. The van der Waals surface area contributed by atoms with Gasteiger partial charge in [0.2, 0.25) is 0 Å². The van der Waals surface area contributed by atoms with Gasteiger partial charge in [0.05, 0.1) is 12.2 Å². The summed E-state index contributed by atoms with van der Waals surface area (Å²) in [4.78, 5) is 0. The van der Waals surface area contributed by atoms with Crippen LogP contribution >= 0.6 is 0 Å². The Kier molecular flexibility index (Phi) is 3.96. The Morgan fingerprint density at radius 2 is 2.07 bits per heavy atom. The number of rotatable bonds is 3. The number of allylic oxidation sites excluding steroid dienone is 1. The van der Waals surface area contributed by atoms with Gasteiger partial charge in [-0.15, -0.1) is 0 Å². The van der Waals surface area contributed by atoms with Crippen LogP contribution in [-0.4, -0.2) is 22.4 Å². The van der Waals surface area contributed by atoms with E-state index in [0.29, 0.717) is 6.42 Å². The Morgan fingerprint density at radius 1 is 1.47 bits per heavy atom. The largest absolute Gasteiger partial charge is 0.393 e. The molecule has 0 unspecified atom stereocenters. The Bertz CT molecular complexity index is 241. The first kappa shape index (κ1) is 12.7. The second-order valence-corrected chi connectivity index (χ2v) is 5.61. The molecule has 3 atom stereocenters. The Labute approximate surface area is 93.0 Å². The van der Waals surface area contributed by atoms with E-state index in [1.807, 2.05) is 0 Å². The van der Waals surface area contributed by atoms with Crippen molar-refractivity contribution in [3.8, 4) is 0 Å². The van der Waals surface area contributed by atoms with Gasteiger partial charge < -0.3 is 10.2 Å². The van der Waals surface area contributed by atoms with Gasteiger partial charge in [-0.3, -0.25) is 0 Å². The standard InChI is InChI=1S/C13H24O2/c1-9-6-5-7-13(3,4)12(9)11(15)8-10(2)14/h6,10-12,14-15H,5,7-8H2,1-4H3/t10-,11-,12+/m0/s1. The van der Waals surface area contributed by atoms with Crippen LogP contribution in [0.15, 0.2) is 11.6 Å². The summed E-state index contributed by atoms with van der Waals surface area (Å²) < 4.78 is 0. The molecule has 2 nitrogen and oxygen atoms in total. The van der Waals surface area contributed by atoms with Gasteiger partial charge in [-0.2, -0.15) is 0 Å². The lowest BCUT2D eigenvalue weighted by atomic mass is 9.65. The van der Waals surface area contributed by atoms with Gasteiger partial charge in [-0.1, -0.05) is 25.5 Å². The minimum absolute atomic E-state index is 0.146. The molecule has 0 aromatic rings. The Hall–Kier alpha value is -0.340. The summed E-state index contributed by atoms with van der Waals surface area (Å²) in [5.41, 5.74) is 1.42. The lowest BCUT2D eigenvalue weighted by Gasteiger charge is -2.41. The summed E-state index contributed by atoms with van der Waals surface area (Å²) >= 11 is 0. The molecule has 0 amide bonds. The molecule has 0 aromatic heterocycles. The van der Waals surface area contributed by atoms with Crippen LogP contribution in [0.2, 0.25) is 0 Å². The zero-order valence-electron chi connectivity index (χ0n) is 10.3. The van der Waals surface area contributed by atoms with E-state index >= 15 is 0 Å². The maximum atomic E-state index is 10.1. The number of aliphatic hydroxyl groups excluding tert-OH is 2. The van der Waals surface area contributed by atoms with Gasteiger partial charge in [0.15, 0.2) is 0 Å². The molecule has 0 aliphatic heterocycles. The van der Waals surface area contributed by atoms with Crippen molar-refractivity contribution < 1.29 is 10.2 Å². The lowest BCUT2D eigenvalue weighted by Crippen LogP contribution is -2.38. The van der Waals surface area contributed by atoms with Crippen LogP contribution in [0.25, 0.3) is 0 Å². The topological polar surface area (TPSA) is 40.5 Å². The predicted octanol–water partition coefficient (Wildman–Crippen LogP) is 2.50. The highest BCUT2D eigenvalue weighted by molar-refractivity contribution is 5.14. The minimum Gasteiger partial charge on any atom is -0.393 e. The summed E-state index contributed by atoms with van der Waals surface area (Å²) in [6.07, 6.45) is 4.07. The highest BCUT2D eigenvalue weighted by Gasteiger charge is 2.37. The van der Waals surface area contributed by atoms with Crippen molar-refractivity contribution in [2.24, 2.45) is 11.3 Å². The predicted molar refractivity (Wildman–Crippen MR) is 62.6 cm³/mol. The van der Waals surface area contributed by atoms with E-state index < -0.39 is 12.2 Å². The Morgan fingerprint density at radius 3 is 2.53 bits per heavy atom. The fraction of sp³-hybridized carbons (Fsp3) is 0.846. The van der Waals surface area contributed by atoms with Crippen LogP contribution in [-0.2, 0) is 0 Å². The van der Waals surface area contributed by atoms with Crippen LogP contribution in [0, 0.1) is 11.3 Å². The van der Waals surface area contributed by atoms with E-state index in [-0.39, 0.29) is 11.3 Å². The quantitative estimate of drug-likeness (QED) is 0.706. The van der Waals surface area contributed by atoms with Crippen LogP contribution in [0.4, 0.5) is 0 Å². The number of hydrogen-bond acceptors (Lipinski definition) is 2. The first-order valence-corrected chi connectivity index (χ1v) is 5.87. The van der Waals surface area contributed by atoms with Gasteiger partial charge in [-0.05, 0) is 38.5 Å². The molecule has 0 bridgehead atoms. The molecule has 0 saturated carbocycles. The molecule has 0 fully saturated rings. The highest BCUT2D eigenvalue weighted by Crippen LogP contribution is 2.43. The second-order valence-electron chi connectivity index (χ2n) is 5.61. The van der Waals surface area contributed by atoms with Crippen LogP contribution in [0.3, 0.4) is 0 Å². The summed E-state index contributed by atoms with van der Waals surface area (Å²) in [5, 5.41) is 19.5. The zero-order chi connectivity index (χ0) is 11.6. The van der Waals surface area contributed by atoms with E-state index in [4.69, 9.17) is 0 Å². The summed E-state index contributed by atoms with van der Waals surface area (Å²) in [6.45, 7) is 8.24. The fourth-order valence-corrected chi connectivity index (χ4v) is 2.88. The normalized spacial score (nSPS) is 29.5. The van der Waals surface area contributed by atoms with Crippen molar-refractivity contribution in [1.29, 1.82) is 0 Å². The van der Waals surface area contributed by atoms with Crippen molar-refractivity contribution in [1.82, 2.24) is 0 Å². The third-order valence-electron chi connectivity index (χ3n) is 3.55. The fourth-order valence-electron chi connectivity index (χ4n) is 2.88. The summed E-state index contributed by atoms with van der Waals surface area (Å²) in [6, 6.07) is 0. The van der Waals surface area contributed by atoms with Gasteiger partial charge in [-0.25, -0.2) is 0 Å². The smallest absolute Gasteiger partial charge is 0.0635 e. The second kappa shape index (κ2) is 4.67. The first-order valence-electron chi connectivity index (χ1n) is 5.87. The third kappa shape index (κ3) is 3.05. The first-order chi connectivity index (χ1) is 6.84. The molecule has 88 valence electrons.